The number of aliphatic hydroxyl groups is 1. The summed E-state index contributed by atoms with van der Waals surface area (Å²) >= 11 is 0. The van der Waals surface area contributed by atoms with E-state index < -0.39 is 6.10 Å². The Morgan fingerprint density at radius 1 is 1.35 bits per heavy atom. The van der Waals surface area contributed by atoms with Crippen LogP contribution in [0, 0.1) is 18.8 Å². The van der Waals surface area contributed by atoms with E-state index in [0.29, 0.717) is 12.3 Å². The highest BCUT2D eigenvalue weighted by Crippen LogP contribution is 2.39. The molecule has 2 rings (SSSR count). The van der Waals surface area contributed by atoms with Gasteiger partial charge in [0.1, 0.15) is 5.78 Å². The molecule has 1 N–H and O–H groups in total. The summed E-state index contributed by atoms with van der Waals surface area (Å²) in [6, 6.07) is 7.88. The molecule has 3 unspecified atom stereocenters. The van der Waals surface area contributed by atoms with Crippen molar-refractivity contribution in [2.45, 2.75) is 58.5 Å². The van der Waals surface area contributed by atoms with Crippen LogP contribution in [0.3, 0.4) is 0 Å². The molecular weight excluding hydrogens is 248 g/mol. The summed E-state index contributed by atoms with van der Waals surface area (Å²) in [5, 5.41) is 10.7. The fraction of sp³-hybridized carbons (Fsp3) is 0.611. The van der Waals surface area contributed by atoms with Crippen molar-refractivity contribution in [3.05, 3.63) is 35.4 Å². The first-order valence-corrected chi connectivity index (χ1v) is 7.91. The third-order valence-corrected chi connectivity index (χ3v) is 4.65. The molecule has 0 spiro atoms. The third-order valence-electron chi connectivity index (χ3n) is 4.65. The van der Waals surface area contributed by atoms with Crippen LogP contribution >= 0.6 is 0 Å². The quantitative estimate of drug-likeness (QED) is 0.873. The highest BCUT2D eigenvalue weighted by atomic mass is 16.3. The molecule has 1 aromatic carbocycles. The summed E-state index contributed by atoms with van der Waals surface area (Å²) in [4.78, 5) is 12.3. The van der Waals surface area contributed by atoms with Crippen molar-refractivity contribution in [3.8, 4) is 0 Å². The van der Waals surface area contributed by atoms with Crippen molar-refractivity contribution in [2.24, 2.45) is 11.8 Å². The minimum absolute atomic E-state index is 0.198. The first-order valence-electron chi connectivity index (χ1n) is 7.91. The molecule has 3 atom stereocenters. The van der Waals surface area contributed by atoms with Gasteiger partial charge in [-0.05, 0) is 43.2 Å². The number of aryl methyl sites for hydroxylation is 1. The van der Waals surface area contributed by atoms with Gasteiger partial charge < -0.3 is 5.11 Å². The lowest BCUT2D eigenvalue weighted by Gasteiger charge is -2.34. The standard InChI is InChI=1S/C18H26O2/c1-3-4-9-14-10-7-12-16(19)17(14)18(20)15-11-6-5-8-13(15)2/h5-6,8,11,14,17-18,20H,3-4,7,9-10,12H2,1-2H3. The van der Waals surface area contributed by atoms with E-state index in [1.165, 1.54) is 0 Å². The van der Waals surface area contributed by atoms with Gasteiger partial charge in [0, 0.05) is 6.42 Å². The second-order valence-electron chi connectivity index (χ2n) is 6.09. The Morgan fingerprint density at radius 3 is 2.80 bits per heavy atom. The van der Waals surface area contributed by atoms with Gasteiger partial charge >= 0.3 is 0 Å². The molecule has 1 aromatic rings. The molecule has 0 aromatic heterocycles. The van der Waals surface area contributed by atoms with Crippen LogP contribution in [0.4, 0.5) is 0 Å². The maximum absolute atomic E-state index is 12.3. The van der Waals surface area contributed by atoms with Gasteiger partial charge in [-0.15, -0.1) is 0 Å². The molecule has 0 amide bonds. The van der Waals surface area contributed by atoms with Crippen LogP contribution in [-0.4, -0.2) is 10.9 Å². The molecular formula is C18H26O2. The largest absolute Gasteiger partial charge is 0.388 e. The fourth-order valence-electron chi connectivity index (χ4n) is 3.48. The summed E-state index contributed by atoms with van der Waals surface area (Å²) in [6.45, 7) is 4.18. The molecule has 2 heteroatoms. The van der Waals surface area contributed by atoms with E-state index in [1.54, 1.807) is 0 Å². The number of aliphatic hydroxyl groups excluding tert-OH is 1. The van der Waals surface area contributed by atoms with Gasteiger partial charge in [-0.3, -0.25) is 4.79 Å². The molecule has 0 saturated heterocycles. The molecule has 0 heterocycles. The van der Waals surface area contributed by atoms with E-state index in [-0.39, 0.29) is 11.7 Å². The summed E-state index contributed by atoms with van der Waals surface area (Å²) < 4.78 is 0. The van der Waals surface area contributed by atoms with Crippen molar-refractivity contribution < 1.29 is 9.90 Å². The topological polar surface area (TPSA) is 37.3 Å². The van der Waals surface area contributed by atoms with Gasteiger partial charge in [-0.2, -0.15) is 0 Å². The number of hydrogen-bond donors (Lipinski definition) is 1. The number of rotatable bonds is 5. The van der Waals surface area contributed by atoms with Crippen LogP contribution < -0.4 is 0 Å². The lowest BCUT2D eigenvalue weighted by atomic mass is 9.71. The second-order valence-corrected chi connectivity index (χ2v) is 6.09. The van der Waals surface area contributed by atoms with E-state index in [1.807, 2.05) is 31.2 Å². The van der Waals surface area contributed by atoms with E-state index in [4.69, 9.17) is 0 Å². The molecule has 20 heavy (non-hydrogen) atoms. The fourth-order valence-corrected chi connectivity index (χ4v) is 3.48. The minimum atomic E-state index is -0.633. The third kappa shape index (κ3) is 3.29. The summed E-state index contributed by atoms with van der Waals surface area (Å²) in [7, 11) is 0. The van der Waals surface area contributed by atoms with Gasteiger partial charge in [0.2, 0.25) is 0 Å². The highest BCUT2D eigenvalue weighted by molar-refractivity contribution is 5.82. The van der Waals surface area contributed by atoms with Crippen LogP contribution in [0.25, 0.3) is 0 Å². The van der Waals surface area contributed by atoms with Gasteiger partial charge in [0.25, 0.3) is 0 Å². The lowest BCUT2D eigenvalue weighted by molar-refractivity contribution is -0.132. The zero-order valence-corrected chi connectivity index (χ0v) is 12.6. The molecule has 0 bridgehead atoms. The van der Waals surface area contributed by atoms with Gasteiger partial charge in [0.15, 0.2) is 0 Å². The molecule has 1 fully saturated rings. The Morgan fingerprint density at radius 2 is 2.10 bits per heavy atom. The van der Waals surface area contributed by atoms with Crippen LogP contribution in [0.1, 0.15) is 62.7 Å². The lowest BCUT2D eigenvalue weighted by Crippen LogP contribution is -2.33. The molecule has 0 aliphatic heterocycles. The average Bonchev–Trinajstić information content (AvgIpc) is 2.45. The molecule has 2 nitrogen and oxygen atoms in total. The summed E-state index contributed by atoms with van der Waals surface area (Å²) in [5.74, 6) is 0.412. The van der Waals surface area contributed by atoms with E-state index in [0.717, 1.165) is 43.2 Å². The minimum Gasteiger partial charge on any atom is -0.388 e. The second kappa shape index (κ2) is 7.03. The summed E-state index contributed by atoms with van der Waals surface area (Å²) in [5.41, 5.74) is 2.00. The Labute approximate surface area is 122 Å². The highest BCUT2D eigenvalue weighted by Gasteiger charge is 2.37. The number of unbranched alkanes of at least 4 members (excludes halogenated alkanes) is 1. The predicted molar refractivity (Wildman–Crippen MR) is 81.5 cm³/mol. The predicted octanol–water partition coefficient (Wildman–Crippen LogP) is 4.20. The van der Waals surface area contributed by atoms with Crippen molar-refractivity contribution >= 4 is 5.78 Å². The molecule has 1 aliphatic rings. The van der Waals surface area contributed by atoms with E-state index in [9.17, 15) is 9.90 Å². The maximum atomic E-state index is 12.3. The number of hydrogen-bond acceptors (Lipinski definition) is 2. The number of benzene rings is 1. The van der Waals surface area contributed by atoms with Crippen LogP contribution in [0.5, 0.6) is 0 Å². The number of carbonyl (C=O) groups excluding carboxylic acids is 1. The van der Waals surface area contributed by atoms with Crippen molar-refractivity contribution in [2.75, 3.05) is 0 Å². The SMILES string of the molecule is CCCCC1CCCC(=O)C1C(O)c1ccccc1C. The maximum Gasteiger partial charge on any atom is 0.139 e. The number of Topliss-reactive ketones (excluding diaryl/α,β-unsaturated/α-hetero) is 1. The first-order chi connectivity index (χ1) is 9.65. The van der Waals surface area contributed by atoms with Gasteiger partial charge in [0.05, 0.1) is 12.0 Å². The Hall–Kier alpha value is -1.15. The zero-order valence-electron chi connectivity index (χ0n) is 12.6. The molecule has 110 valence electrons. The van der Waals surface area contributed by atoms with E-state index >= 15 is 0 Å². The zero-order chi connectivity index (χ0) is 14.5. The van der Waals surface area contributed by atoms with Gasteiger partial charge in [-0.25, -0.2) is 0 Å². The van der Waals surface area contributed by atoms with Crippen LogP contribution in [-0.2, 0) is 4.79 Å². The monoisotopic (exact) mass is 274 g/mol. The van der Waals surface area contributed by atoms with Crippen LogP contribution in [0.2, 0.25) is 0 Å². The number of ketones is 1. The van der Waals surface area contributed by atoms with Crippen molar-refractivity contribution in [1.82, 2.24) is 0 Å². The van der Waals surface area contributed by atoms with Crippen molar-refractivity contribution in [1.29, 1.82) is 0 Å². The van der Waals surface area contributed by atoms with Crippen LogP contribution in [0.15, 0.2) is 24.3 Å². The Bertz CT molecular complexity index is 452. The normalized spacial score (nSPS) is 24.6. The molecule has 1 aliphatic carbocycles. The first kappa shape index (κ1) is 15.2. The average molecular weight is 274 g/mol. The Balaban J connectivity index is 2.21. The number of carbonyl (C=O) groups is 1. The molecule has 1 saturated carbocycles. The summed E-state index contributed by atoms with van der Waals surface area (Å²) in [6.07, 6.45) is 5.44. The van der Waals surface area contributed by atoms with Crippen molar-refractivity contribution in [3.63, 3.8) is 0 Å². The smallest absolute Gasteiger partial charge is 0.139 e. The van der Waals surface area contributed by atoms with Gasteiger partial charge in [-0.1, -0.05) is 44.0 Å². The Kier molecular flexibility index (Phi) is 5.36. The van der Waals surface area contributed by atoms with E-state index in [2.05, 4.69) is 6.92 Å². The molecule has 0 radical (unpaired) electrons.